The number of cyclic esters (lactones) is 1. The summed E-state index contributed by atoms with van der Waals surface area (Å²) >= 11 is 0. The number of hydrogen-bond donors (Lipinski definition) is 4. The second-order valence-corrected chi connectivity index (χ2v) is 21.1. The highest BCUT2D eigenvalue weighted by molar-refractivity contribution is 5.73. The number of aryl methyl sites for hydroxylation is 2. The normalized spacial score (nSPS) is 37.9. The van der Waals surface area contributed by atoms with Crippen molar-refractivity contribution >= 4 is 11.7 Å². The zero-order valence-electron chi connectivity index (χ0n) is 43.3. The van der Waals surface area contributed by atoms with Crippen molar-refractivity contribution in [2.45, 2.75) is 217 Å². The van der Waals surface area contributed by atoms with Crippen molar-refractivity contribution in [2.24, 2.45) is 17.0 Å². The summed E-state index contributed by atoms with van der Waals surface area (Å²) in [5, 5.41) is 59.6. The summed E-state index contributed by atoms with van der Waals surface area (Å²) in [4.78, 5) is 21.4. The van der Waals surface area contributed by atoms with Crippen molar-refractivity contribution in [1.29, 1.82) is 0 Å². The molecule has 1 aromatic carbocycles. The molecule has 0 spiro atoms. The third kappa shape index (κ3) is 15.1. The molecule has 1 aromatic heterocycles. The van der Waals surface area contributed by atoms with Crippen LogP contribution in [0.5, 0.6) is 0 Å². The highest BCUT2D eigenvalue weighted by Crippen LogP contribution is 2.38. The third-order valence-electron chi connectivity index (χ3n) is 15.2. The van der Waals surface area contributed by atoms with Crippen LogP contribution >= 0.6 is 0 Å². The lowest BCUT2D eigenvalue weighted by Crippen LogP contribution is -2.59. The molecule has 0 radical (unpaired) electrons. The molecule has 69 heavy (non-hydrogen) atoms. The van der Waals surface area contributed by atoms with Gasteiger partial charge in [-0.2, -0.15) is 0 Å². The molecule has 5 rings (SSSR count). The maximum atomic E-state index is 14.3. The van der Waals surface area contributed by atoms with Gasteiger partial charge >= 0.3 is 5.97 Å². The van der Waals surface area contributed by atoms with Crippen molar-refractivity contribution in [3.63, 3.8) is 0 Å². The van der Waals surface area contributed by atoms with Gasteiger partial charge in [-0.1, -0.05) is 48.4 Å². The summed E-state index contributed by atoms with van der Waals surface area (Å²) in [6, 6.07) is 7.19. The van der Waals surface area contributed by atoms with Crippen LogP contribution in [-0.4, -0.2) is 170 Å². The molecule has 0 bridgehead atoms. The lowest BCUT2D eigenvalue weighted by atomic mass is 9.83. The first kappa shape index (κ1) is 56.6. The SMILES string of the molecule is CC[C@H]1OC(=O)[C@H](C)[C@@H](O[C@H]2C[C@@](C)(OC)[C@@H](O)[C@H](C)O2)C[C@@H](O[C@H]2C[C@@H](N(C)CCc3cn(CCCCc4ccc(N=[N+]=[N-])cc4)nn3)C[C@@H](C)O2)[C@](C)(O)C[C@@H](C)CN(C)[C@H](C)[C@@H](O)[C@]1(C)O. The van der Waals surface area contributed by atoms with Crippen molar-refractivity contribution in [3.05, 3.63) is 52.2 Å². The van der Waals surface area contributed by atoms with E-state index in [2.05, 4.69) is 32.3 Å². The largest absolute Gasteiger partial charge is 0.459 e. The Morgan fingerprint density at radius 3 is 2.33 bits per heavy atom. The Morgan fingerprint density at radius 2 is 1.67 bits per heavy atom. The Balaban J connectivity index is 1.32. The van der Waals surface area contributed by atoms with Gasteiger partial charge in [-0.05, 0) is 118 Å². The van der Waals surface area contributed by atoms with Gasteiger partial charge in [0.15, 0.2) is 12.6 Å². The van der Waals surface area contributed by atoms with Crippen LogP contribution in [0, 0.1) is 11.8 Å². The van der Waals surface area contributed by atoms with Crippen molar-refractivity contribution in [3.8, 4) is 0 Å². The Hall–Kier alpha value is -3.30. The van der Waals surface area contributed by atoms with Gasteiger partial charge in [0.1, 0.15) is 23.9 Å². The standard InChI is InChI=1S/C50H84N8O11/c1-13-41-50(9,63)45(59)34(5)57(11)29-31(2)27-48(7,62)42(26-40(33(4)47(61)69-41)67-44-28-49(8,64-12)46(60)35(6)66-44)68-43-25-39(24-32(3)65-43)56(10)23-21-38-30-58(55-53-38)22-15-14-16-36-17-19-37(20-18-36)52-54-51/h17-20,30-35,39-46,59-60,62-63H,13-16,21-29H2,1-12H3/t31-,32-,33-,34-,35+,39+,40+,41-,42-,43+,44+,45-,46+,48-,49-,50-/m1/s1. The van der Waals surface area contributed by atoms with E-state index in [0.717, 1.165) is 44.5 Å². The predicted molar refractivity (Wildman–Crippen MR) is 259 cm³/mol. The predicted octanol–water partition coefficient (Wildman–Crippen LogP) is 5.85. The van der Waals surface area contributed by atoms with E-state index in [-0.39, 0.29) is 43.7 Å². The van der Waals surface area contributed by atoms with Gasteiger partial charge in [-0.15, -0.1) is 5.10 Å². The number of esters is 1. The number of nitrogens with zero attached hydrogens (tertiary/aromatic N) is 8. The van der Waals surface area contributed by atoms with E-state index in [1.807, 2.05) is 67.9 Å². The molecule has 3 aliphatic heterocycles. The first-order chi connectivity index (χ1) is 32.5. The van der Waals surface area contributed by atoms with E-state index in [4.69, 9.17) is 34.0 Å². The topological polar surface area (TPSA) is 239 Å². The van der Waals surface area contributed by atoms with Crippen molar-refractivity contribution < 1.29 is 53.6 Å². The first-order valence-corrected chi connectivity index (χ1v) is 25.1. The minimum absolute atomic E-state index is 0.0366. The van der Waals surface area contributed by atoms with E-state index >= 15 is 0 Å². The average Bonchev–Trinajstić information content (AvgIpc) is 3.76. The molecule has 16 atom stereocenters. The Bertz CT molecular complexity index is 1950. The summed E-state index contributed by atoms with van der Waals surface area (Å²) in [5.74, 6) is -1.73. The minimum atomic E-state index is -1.79. The van der Waals surface area contributed by atoms with Crippen LogP contribution in [0.15, 0.2) is 35.6 Å². The van der Waals surface area contributed by atoms with E-state index in [1.165, 1.54) is 19.6 Å². The van der Waals surface area contributed by atoms with Crippen LogP contribution in [0.2, 0.25) is 0 Å². The van der Waals surface area contributed by atoms with E-state index in [1.54, 1.807) is 34.6 Å². The molecule has 3 saturated heterocycles. The molecule has 0 unspecified atom stereocenters. The lowest BCUT2D eigenvalue weighted by Gasteiger charge is -2.46. The number of carbonyl (C=O) groups is 1. The number of methoxy groups -OCH3 is 1. The molecule has 4 N–H and O–H groups in total. The van der Waals surface area contributed by atoms with Gasteiger partial charge in [0.25, 0.3) is 0 Å². The van der Waals surface area contributed by atoms with Crippen molar-refractivity contribution in [2.75, 3.05) is 34.3 Å². The maximum absolute atomic E-state index is 14.3. The number of carbonyl (C=O) groups excluding carboxylic acids is 1. The van der Waals surface area contributed by atoms with Gasteiger partial charge in [-0.25, -0.2) is 0 Å². The fourth-order valence-electron chi connectivity index (χ4n) is 10.5. The summed E-state index contributed by atoms with van der Waals surface area (Å²) in [7, 11) is 5.48. The minimum Gasteiger partial charge on any atom is -0.459 e. The van der Waals surface area contributed by atoms with E-state index < -0.39 is 83.9 Å². The number of aliphatic hydroxyl groups excluding tert-OH is 2. The summed E-state index contributed by atoms with van der Waals surface area (Å²) in [6.07, 6.45) is -0.0112. The number of aromatic nitrogens is 3. The number of hydrogen-bond acceptors (Lipinski definition) is 16. The molecule has 0 aliphatic carbocycles. The van der Waals surface area contributed by atoms with Crippen LogP contribution < -0.4 is 0 Å². The molecule has 19 heteroatoms. The van der Waals surface area contributed by atoms with Gasteiger partial charge < -0.3 is 58.6 Å². The number of aliphatic hydroxyl groups is 4. The van der Waals surface area contributed by atoms with Gasteiger partial charge in [0.05, 0.1) is 47.2 Å². The van der Waals surface area contributed by atoms with Crippen LogP contribution in [0.4, 0.5) is 5.69 Å². The fraction of sp³-hybridized carbons (Fsp3) is 0.820. The molecule has 19 nitrogen and oxygen atoms in total. The first-order valence-electron chi connectivity index (χ1n) is 25.1. The second kappa shape index (κ2) is 24.9. The van der Waals surface area contributed by atoms with Crippen LogP contribution in [0.25, 0.3) is 10.4 Å². The second-order valence-electron chi connectivity index (χ2n) is 21.1. The van der Waals surface area contributed by atoms with Crippen LogP contribution in [0.3, 0.4) is 0 Å². The highest BCUT2D eigenvalue weighted by atomic mass is 16.7. The quantitative estimate of drug-likeness (QED) is 0.0507. The number of azide groups is 1. The highest BCUT2D eigenvalue weighted by Gasteiger charge is 2.50. The van der Waals surface area contributed by atoms with E-state index in [9.17, 15) is 25.2 Å². The van der Waals surface area contributed by atoms with Gasteiger partial charge in [-0.3, -0.25) is 9.48 Å². The van der Waals surface area contributed by atoms with Crippen LogP contribution in [0.1, 0.15) is 125 Å². The molecule has 0 saturated carbocycles. The Morgan fingerprint density at radius 1 is 0.957 bits per heavy atom. The number of likely N-dealkylation sites (N-methyl/N-ethyl adjacent to an activating group) is 2. The molecule has 2 aromatic rings. The molecule has 3 aliphatic rings. The molecule has 0 amide bonds. The van der Waals surface area contributed by atoms with Crippen molar-refractivity contribution in [1.82, 2.24) is 24.8 Å². The van der Waals surface area contributed by atoms with Gasteiger partial charge in [0, 0.05) is 81.3 Å². The fourth-order valence-corrected chi connectivity index (χ4v) is 10.5. The smallest absolute Gasteiger partial charge is 0.311 e. The maximum Gasteiger partial charge on any atom is 0.311 e. The summed E-state index contributed by atoms with van der Waals surface area (Å²) < 4.78 is 40.2. The molecular formula is C50H84N8O11. The van der Waals surface area contributed by atoms with Gasteiger partial charge in [0.2, 0.25) is 0 Å². The van der Waals surface area contributed by atoms with E-state index in [0.29, 0.717) is 25.1 Å². The monoisotopic (exact) mass is 973 g/mol. The zero-order valence-corrected chi connectivity index (χ0v) is 43.3. The van der Waals surface area contributed by atoms with Crippen LogP contribution in [-0.2, 0) is 52.6 Å². The summed E-state index contributed by atoms with van der Waals surface area (Å²) in [6.45, 7) is 18.1. The average molecular weight is 973 g/mol. The molecule has 3 fully saturated rings. The Labute approximate surface area is 409 Å². The number of benzene rings is 1. The molecule has 390 valence electrons. The number of unbranched alkanes of at least 4 members (excludes halogenated alkanes) is 1. The Kier molecular flexibility index (Phi) is 20.4. The lowest BCUT2D eigenvalue weighted by molar-refractivity contribution is -0.299. The summed E-state index contributed by atoms with van der Waals surface area (Å²) in [5.41, 5.74) is 7.07. The molecular weight excluding hydrogens is 889 g/mol. The number of rotatable bonds is 16. The number of ether oxygens (including phenoxy) is 6. The molecule has 4 heterocycles. The third-order valence-corrected chi connectivity index (χ3v) is 15.2. The zero-order chi connectivity index (χ0) is 50.8.